The molecule has 2 nitrogen and oxygen atoms in total. The number of nitrogens with zero attached hydrogens (tertiary/aromatic N) is 2. The van der Waals surface area contributed by atoms with Crippen molar-refractivity contribution >= 4 is 0 Å². The van der Waals surface area contributed by atoms with Crippen molar-refractivity contribution in [3.05, 3.63) is 145 Å². The van der Waals surface area contributed by atoms with Gasteiger partial charge in [0.1, 0.15) is 0 Å². The Morgan fingerprint density at radius 1 is 0.500 bits per heavy atom. The van der Waals surface area contributed by atoms with Gasteiger partial charge in [0.05, 0.1) is 5.69 Å². The molecule has 0 fully saturated rings. The zero-order chi connectivity index (χ0) is 23.9. The Labute approximate surface area is 211 Å². The molecule has 2 unspecified atom stereocenters. The Kier molecular flexibility index (Phi) is 4.96. The molecule has 2 heteroatoms. The zero-order valence-corrected chi connectivity index (χ0v) is 19.8. The molecule has 170 valence electrons. The van der Waals surface area contributed by atoms with E-state index in [1.54, 1.807) is 0 Å². The van der Waals surface area contributed by atoms with Crippen LogP contribution in [0.5, 0.6) is 0 Å². The average molecular weight is 461 g/mol. The molecular formula is C34H24N2. The standard InChI is InChI=1S/C34H24N2/c1-3-9-23(10-4-1)25-15-17-29-27-13-7-8-14-28(27)32-22-26(16-18-30(32)31(29)21-25)33-19-20-35-34(36-33)24-11-5-2-6-12-24/h1-22,27-28H. The number of benzene rings is 4. The molecule has 0 saturated heterocycles. The van der Waals surface area contributed by atoms with Gasteiger partial charge >= 0.3 is 0 Å². The van der Waals surface area contributed by atoms with Crippen LogP contribution in [0.15, 0.2) is 134 Å². The lowest BCUT2D eigenvalue weighted by atomic mass is 9.69. The summed E-state index contributed by atoms with van der Waals surface area (Å²) in [6.45, 7) is 0. The van der Waals surface area contributed by atoms with Crippen LogP contribution in [0.4, 0.5) is 0 Å². The molecule has 0 amide bonds. The monoisotopic (exact) mass is 460 g/mol. The molecule has 0 spiro atoms. The molecule has 2 aliphatic rings. The van der Waals surface area contributed by atoms with Gasteiger partial charge in [-0.15, -0.1) is 0 Å². The topological polar surface area (TPSA) is 25.8 Å². The van der Waals surface area contributed by atoms with Crippen molar-refractivity contribution in [3.8, 4) is 44.9 Å². The van der Waals surface area contributed by atoms with E-state index in [9.17, 15) is 0 Å². The molecule has 1 aromatic heterocycles. The maximum Gasteiger partial charge on any atom is 0.159 e. The maximum atomic E-state index is 4.92. The minimum Gasteiger partial charge on any atom is -0.237 e. The molecule has 5 aromatic rings. The lowest BCUT2D eigenvalue weighted by Gasteiger charge is -2.34. The predicted octanol–water partition coefficient (Wildman–Crippen LogP) is 8.45. The minimum atomic E-state index is 0.315. The fraction of sp³-hybridized carbons (Fsp3) is 0.0588. The first-order valence-electron chi connectivity index (χ1n) is 12.4. The quantitative estimate of drug-likeness (QED) is 0.270. The highest BCUT2D eigenvalue weighted by Gasteiger charge is 2.32. The summed E-state index contributed by atoms with van der Waals surface area (Å²) >= 11 is 0. The van der Waals surface area contributed by atoms with E-state index in [2.05, 4.69) is 108 Å². The van der Waals surface area contributed by atoms with Gasteiger partial charge < -0.3 is 0 Å². The van der Waals surface area contributed by atoms with Crippen molar-refractivity contribution in [2.45, 2.75) is 11.8 Å². The largest absolute Gasteiger partial charge is 0.237 e. The Bertz CT molecular complexity index is 1630. The number of fused-ring (bicyclic) bond motifs is 6. The zero-order valence-electron chi connectivity index (χ0n) is 19.8. The van der Waals surface area contributed by atoms with Gasteiger partial charge in [-0.2, -0.15) is 0 Å². The minimum absolute atomic E-state index is 0.315. The van der Waals surface area contributed by atoms with Gasteiger partial charge in [-0.05, 0) is 51.6 Å². The van der Waals surface area contributed by atoms with E-state index in [1.165, 1.54) is 33.4 Å². The van der Waals surface area contributed by atoms with Crippen LogP contribution in [-0.2, 0) is 0 Å². The normalized spacial score (nSPS) is 17.2. The third-order valence-electron chi connectivity index (χ3n) is 7.34. The second kappa shape index (κ2) is 8.58. The van der Waals surface area contributed by atoms with Crippen molar-refractivity contribution < 1.29 is 0 Å². The molecule has 1 heterocycles. The number of allylic oxidation sites excluding steroid dienone is 4. The van der Waals surface area contributed by atoms with Crippen molar-refractivity contribution in [2.24, 2.45) is 0 Å². The highest BCUT2D eigenvalue weighted by atomic mass is 14.9. The summed E-state index contributed by atoms with van der Waals surface area (Å²) in [5.74, 6) is 1.40. The lowest BCUT2D eigenvalue weighted by molar-refractivity contribution is 0.720. The number of hydrogen-bond acceptors (Lipinski definition) is 2. The van der Waals surface area contributed by atoms with Crippen LogP contribution in [0.1, 0.15) is 23.0 Å². The number of rotatable bonds is 3. The summed E-state index contributed by atoms with van der Waals surface area (Å²) in [6.07, 6.45) is 10.9. The van der Waals surface area contributed by atoms with Gasteiger partial charge in [0.2, 0.25) is 0 Å². The Morgan fingerprint density at radius 2 is 1.19 bits per heavy atom. The number of aromatic nitrogens is 2. The third-order valence-corrected chi connectivity index (χ3v) is 7.34. The van der Waals surface area contributed by atoms with E-state index in [-0.39, 0.29) is 0 Å². The molecule has 0 aliphatic heterocycles. The van der Waals surface area contributed by atoms with Crippen LogP contribution >= 0.6 is 0 Å². The summed E-state index contributed by atoms with van der Waals surface area (Å²) in [4.78, 5) is 9.45. The van der Waals surface area contributed by atoms with Crippen LogP contribution in [0.2, 0.25) is 0 Å². The fourth-order valence-corrected chi connectivity index (χ4v) is 5.58. The second-order valence-electron chi connectivity index (χ2n) is 9.42. The van der Waals surface area contributed by atoms with Gasteiger partial charge in [0.15, 0.2) is 5.82 Å². The van der Waals surface area contributed by atoms with Crippen LogP contribution in [0, 0.1) is 0 Å². The van der Waals surface area contributed by atoms with Gasteiger partial charge in [-0.3, -0.25) is 0 Å². The first kappa shape index (κ1) is 20.8. The van der Waals surface area contributed by atoms with E-state index < -0.39 is 0 Å². The number of hydrogen-bond donors (Lipinski definition) is 0. The molecule has 0 N–H and O–H groups in total. The van der Waals surface area contributed by atoms with Crippen molar-refractivity contribution in [2.75, 3.05) is 0 Å². The first-order chi connectivity index (χ1) is 17.8. The highest BCUT2D eigenvalue weighted by Crippen LogP contribution is 2.51. The highest BCUT2D eigenvalue weighted by molar-refractivity contribution is 5.83. The van der Waals surface area contributed by atoms with Crippen LogP contribution in [0.3, 0.4) is 0 Å². The van der Waals surface area contributed by atoms with Crippen molar-refractivity contribution in [3.63, 3.8) is 0 Å². The molecule has 7 rings (SSSR count). The summed E-state index contributed by atoms with van der Waals surface area (Å²) in [5, 5.41) is 0. The van der Waals surface area contributed by atoms with Crippen molar-refractivity contribution in [1.29, 1.82) is 0 Å². The molecule has 2 atom stereocenters. The Hall–Kier alpha value is -4.56. The van der Waals surface area contributed by atoms with E-state index in [0.717, 1.165) is 22.6 Å². The second-order valence-corrected chi connectivity index (χ2v) is 9.42. The van der Waals surface area contributed by atoms with E-state index in [0.29, 0.717) is 11.8 Å². The van der Waals surface area contributed by atoms with Crippen molar-refractivity contribution in [1.82, 2.24) is 9.97 Å². The summed E-state index contributed by atoms with van der Waals surface area (Å²) in [6, 6.07) is 36.6. The Balaban J connectivity index is 1.37. The van der Waals surface area contributed by atoms with E-state index in [1.807, 2.05) is 30.5 Å². The molecule has 36 heavy (non-hydrogen) atoms. The summed E-state index contributed by atoms with van der Waals surface area (Å²) in [5.41, 5.74) is 11.0. The molecule has 0 bridgehead atoms. The fourth-order valence-electron chi connectivity index (χ4n) is 5.58. The van der Waals surface area contributed by atoms with E-state index >= 15 is 0 Å². The smallest absolute Gasteiger partial charge is 0.159 e. The average Bonchev–Trinajstić information content (AvgIpc) is 2.98. The molecule has 2 aliphatic carbocycles. The first-order valence-corrected chi connectivity index (χ1v) is 12.4. The summed E-state index contributed by atoms with van der Waals surface area (Å²) in [7, 11) is 0. The van der Waals surface area contributed by atoms with Gasteiger partial charge in [-0.1, -0.05) is 109 Å². The lowest BCUT2D eigenvalue weighted by Crippen LogP contribution is -2.16. The predicted molar refractivity (Wildman–Crippen MR) is 148 cm³/mol. The molecular weight excluding hydrogens is 436 g/mol. The van der Waals surface area contributed by atoms with Crippen LogP contribution < -0.4 is 0 Å². The van der Waals surface area contributed by atoms with Crippen LogP contribution in [-0.4, -0.2) is 9.97 Å². The van der Waals surface area contributed by atoms with E-state index in [4.69, 9.17) is 4.98 Å². The van der Waals surface area contributed by atoms with Crippen LogP contribution in [0.25, 0.3) is 44.9 Å². The van der Waals surface area contributed by atoms with Gasteiger partial charge in [-0.25, -0.2) is 9.97 Å². The molecule has 0 saturated carbocycles. The van der Waals surface area contributed by atoms with Gasteiger partial charge in [0.25, 0.3) is 0 Å². The molecule has 0 radical (unpaired) electrons. The SMILES string of the molecule is C1=CC2c3ccc(-c4ccccc4)cc3-c3ccc(-c4ccnc(-c5ccccc5)n4)cc3C2C=C1. The third kappa shape index (κ3) is 3.50. The van der Waals surface area contributed by atoms with Gasteiger partial charge in [0, 0.05) is 29.2 Å². The maximum absolute atomic E-state index is 4.92. The Morgan fingerprint density at radius 3 is 1.97 bits per heavy atom. The molecule has 4 aromatic carbocycles. The summed E-state index contributed by atoms with van der Waals surface area (Å²) < 4.78 is 0.